The van der Waals surface area contributed by atoms with E-state index >= 15 is 0 Å². The molecule has 0 aromatic carbocycles. The number of nitrogens with zero attached hydrogens (tertiary/aromatic N) is 1. The van der Waals surface area contributed by atoms with Gasteiger partial charge in [-0.15, -0.1) is 0 Å². The SMILES string of the molecule is CCC(C)CN1C(=O)C(CC)NC1C. The van der Waals surface area contributed by atoms with E-state index in [9.17, 15) is 4.79 Å². The molecule has 1 rings (SSSR count). The van der Waals surface area contributed by atoms with Gasteiger partial charge in [0.1, 0.15) is 0 Å². The molecule has 0 aromatic heterocycles. The molecule has 1 aliphatic heterocycles. The van der Waals surface area contributed by atoms with Crippen molar-refractivity contribution in [2.75, 3.05) is 6.54 Å². The number of carbonyl (C=O) groups excluding carboxylic acids is 1. The van der Waals surface area contributed by atoms with Crippen LogP contribution >= 0.6 is 0 Å². The van der Waals surface area contributed by atoms with Gasteiger partial charge in [0, 0.05) is 6.54 Å². The van der Waals surface area contributed by atoms with Gasteiger partial charge in [0.15, 0.2) is 0 Å². The summed E-state index contributed by atoms with van der Waals surface area (Å²) in [5, 5.41) is 3.31. The van der Waals surface area contributed by atoms with E-state index in [0.717, 1.165) is 19.4 Å². The molecular weight excluding hydrogens is 176 g/mol. The Morgan fingerprint density at radius 3 is 2.57 bits per heavy atom. The molecule has 1 aliphatic rings. The Kier molecular flexibility index (Phi) is 3.93. The minimum absolute atomic E-state index is 0.0501. The lowest BCUT2D eigenvalue weighted by Crippen LogP contribution is -2.37. The molecule has 1 fully saturated rings. The Morgan fingerprint density at radius 2 is 2.14 bits per heavy atom. The minimum atomic E-state index is 0.0501. The molecule has 14 heavy (non-hydrogen) atoms. The van der Waals surface area contributed by atoms with E-state index in [4.69, 9.17) is 0 Å². The lowest BCUT2D eigenvalue weighted by molar-refractivity contribution is -0.130. The van der Waals surface area contributed by atoms with Crippen LogP contribution in [0.1, 0.15) is 40.5 Å². The van der Waals surface area contributed by atoms with Crippen molar-refractivity contribution in [3.05, 3.63) is 0 Å². The van der Waals surface area contributed by atoms with Gasteiger partial charge in [0.2, 0.25) is 5.91 Å². The van der Waals surface area contributed by atoms with Gasteiger partial charge in [-0.05, 0) is 19.3 Å². The maximum absolute atomic E-state index is 11.9. The van der Waals surface area contributed by atoms with Crippen molar-refractivity contribution in [2.24, 2.45) is 5.92 Å². The first-order valence-corrected chi connectivity index (χ1v) is 5.66. The molecule has 0 aliphatic carbocycles. The highest BCUT2D eigenvalue weighted by atomic mass is 16.2. The van der Waals surface area contributed by atoms with Gasteiger partial charge < -0.3 is 4.90 Å². The molecule has 3 heteroatoms. The largest absolute Gasteiger partial charge is 0.326 e. The summed E-state index contributed by atoms with van der Waals surface area (Å²) < 4.78 is 0. The molecule has 3 unspecified atom stereocenters. The molecule has 0 spiro atoms. The van der Waals surface area contributed by atoms with Crippen molar-refractivity contribution in [1.29, 1.82) is 0 Å². The fraction of sp³-hybridized carbons (Fsp3) is 0.909. The predicted octanol–water partition coefficient (Wildman–Crippen LogP) is 1.59. The fourth-order valence-corrected chi connectivity index (χ4v) is 1.85. The Labute approximate surface area is 86.9 Å². The molecule has 0 aromatic rings. The maximum Gasteiger partial charge on any atom is 0.241 e. The summed E-state index contributed by atoms with van der Waals surface area (Å²) in [6.45, 7) is 9.37. The molecular formula is C11H22N2O. The Hall–Kier alpha value is -0.570. The first-order chi connectivity index (χ1) is 6.60. The molecule has 3 nitrogen and oxygen atoms in total. The Bertz CT molecular complexity index is 205. The van der Waals surface area contributed by atoms with Gasteiger partial charge in [0.25, 0.3) is 0 Å². The molecule has 1 amide bonds. The average molecular weight is 198 g/mol. The summed E-state index contributed by atoms with van der Waals surface area (Å²) in [5.74, 6) is 0.874. The summed E-state index contributed by atoms with van der Waals surface area (Å²) >= 11 is 0. The number of carbonyl (C=O) groups is 1. The van der Waals surface area contributed by atoms with Crippen molar-refractivity contribution in [3.8, 4) is 0 Å². The first-order valence-electron chi connectivity index (χ1n) is 5.66. The third-order valence-corrected chi connectivity index (χ3v) is 3.10. The van der Waals surface area contributed by atoms with Crippen LogP contribution in [0, 0.1) is 5.92 Å². The maximum atomic E-state index is 11.9. The van der Waals surface area contributed by atoms with Gasteiger partial charge in [-0.2, -0.15) is 0 Å². The quantitative estimate of drug-likeness (QED) is 0.744. The van der Waals surface area contributed by atoms with Crippen molar-refractivity contribution in [3.63, 3.8) is 0 Å². The average Bonchev–Trinajstić information content (AvgIpc) is 2.44. The first kappa shape index (κ1) is 11.5. The van der Waals surface area contributed by atoms with Gasteiger partial charge >= 0.3 is 0 Å². The lowest BCUT2D eigenvalue weighted by atomic mass is 10.1. The van der Waals surface area contributed by atoms with Crippen LogP contribution in [0.25, 0.3) is 0 Å². The van der Waals surface area contributed by atoms with Gasteiger partial charge in [-0.25, -0.2) is 0 Å². The monoisotopic (exact) mass is 198 g/mol. The van der Waals surface area contributed by atoms with Crippen LogP contribution in [0.4, 0.5) is 0 Å². The molecule has 1 heterocycles. The van der Waals surface area contributed by atoms with Crippen molar-refractivity contribution < 1.29 is 4.79 Å². The highest BCUT2D eigenvalue weighted by molar-refractivity contribution is 5.84. The van der Waals surface area contributed by atoms with Gasteiger partial charge in [-0.1, -0.05) is 27.2 Å². The zero-order valence-electron chi connectivity index (χ0n) is 9.71. The van der Waals surface area contributed by atoms with Gasteiger partial charge in [0.05, 0.1) is 12.2 Å². The smallest absolute Gasteiger partial charge is 0.241 e. The fourth-order valence-electron chi connectivity index (χ4n) is 1.85. The highest BCUT2D eigenvalue weighted by Crippen LogP contribution is 2.15. The normalized spacial score (nSPS) is 29.7. The van der Waals surface area contributed by atoms with Crippen molar-refractivity contribution >= 4 is 5.91 Å². The second-order valence-corrected chi connectivity index (χ2v) is 4.31. The van der Waals surface area contributed by atoms with Crippen molar-refractivity contribution in [1.82, 2.24) is 10.2 Å². The molecule has 1 saturated heterocycles. The number of rotatable bonds is 4. The molecule has 0 bridgehead atoms. The van der Waals surface area contributed by atoms with Crippen LogP contribution in [-0.2, 0) is 4.79 Å². The summed E-state index contributed by atoms with van der Waals surface area (Å²) in [7, 11) is 0. The summed E-state index contributed by atoms with van der Waals surface area (Å²) in [5.41, 5.74) is 0. The van der Waals surface area contributed by atoms with E-state index < -0.39 is 0 Å². The summed E-state index contributed by atoms with van der Waals surface area (Å²) in [6.07, 6.45) is 2.23. The van der Waals surface area contributed by atoms with Crippen LogP contribution in [0.15, 0.2) is 0 Å². The third kappa shape index (κ3) is 2.27. The predicted molar refractivity (Wildman–Crippen MR) is 57.8 cm³/mol. The topological polar surface area (TPSA) is 32.3 Å². The Balaban J connectivity index is 2.56. The van der Waals surface area contributed by atoms with E-state index in [2.05, 4.69) is 33.0 Å². The van der Waals surface area contributed by atoms with Crippen LogP contribution in [0.5, 0.6) is 0 Å². The Morgan fingerprint density at radius 1 is 1.50 bits per heavy atom. The molecule has 3 atom stereocenters. The number of hydrogen-bond donors (Lipinski definition) is 1. The van der Waals surface area contributed by atoms with Crippen molar-refractivity contribution in [2.45, 2.75) is 52.7 Å². The van der Waals surface area contributed by atoms with E-state index in [-0.39, 0.29) is 18.1 Å². The van der Waals surface area contributed by atoms with E-state index in [1.807, 2.05) is 4.90 Å². The number of hydrogen-bond acceptors (Lipinski definition) is 2. The number of nitrogens with one attached hydrogen (secondary N) is 1. The van der Waals surface area contributed by atoms with Crippen LogP contribution in [0.2, 0.25) is 0 Å². The highest BCUT2D eigenvalue weighted by Gasteiger charge is 2.35. The van der Waals surface area contributed by atoms with Crippen LogP contribution in [-0.4, -0.2) is 29.6 Å². The zero-order valence-corrected chi connectivity index (χ0v) is 9.71. The molecule has 1 N–H and O–H groups in total. The molecule has 0 saturated carbocycles. The zero-order chi connectivity index (χ0) is 10.7. The second-order valence-electron chi connectivity index (χ2n) is 4.31. The third-order valence-electron chi connectivity index (χ3n) is 3.10. The lowest BCUT2D eigenvalue weighted by Gasteiger charge is -2.24. The van der Waals surface area contributed by atoms with E-state index in [0.29, 0.717) is 5.92 Å². The van der Waals surface area contributed by atoms with Crippen LogP contribution < -0.4 is 5.32 Å². The van der Waals surface area contributed by atoms with E-state index in [1.54, 1.807) is 0 Å². The second kappa shape index (κ2) is 4.78. The standard InChI is InChI=1S/C11H22N2O/c1-5-8(3)7-13-9(4)12-10(6-2)11(13)14/h8-10,12H,5-7H2,1-4H3. The van der Waals surface area contributed by atoms with Crippen LogP contribution in [0.3, 0.4) is 0 Å². The summed E-state index contributed by atoms with van der Waals surface area (Å²) in [4.78, 5) is 13.8. The van der Waals surface area contributed by atoms with E-state index in [1.165, 1.54) is 0 Å². The number of amides is 1. The van der Waals surface area contributed by atoms with Gasteiger partial charge in [-0.3, -0.25) is 10.1 Å². The molecule has 0 radical (unpaired) electrons. The molecule has 82 valence electrons. The summed E-state index contributed by atoms with van der Waals surface area (Å²) in [6, 6.07) is 0.0501. The minimum Gasteiger partial charge on any atom is -0.326 e.